The van der Waals surface area contributed by atoms with Crippen molar-refractivity contribution in [1.29, 1.82) is 0 Å². The number of hydrogen-bond acceptors (Lipinski definition) is 5. The van der Waals surface area contributed by atoms with Crippen molar-refractivity contribution in [3.63, 3.8) is 0 Å². The van der Waals surface area contributed by atoms with Crippen LogP contribution in [0.3, 0.4) is 0 Å². The Labute approximate surface area is 194 Å². The van der Waals surface area contributed by atoms with Crippen LogP contribution in [0.5, 0.6) is 5.75 Å². The van der Waals surface area contributed by atoms with Gasteiger partial charge in [-0.25, -0.2) is 4.98 Å². The van der Waals surface area contributed by atoms with Crippen LogP contribution in [0.25, 0.3) is 10.2 Å². The van der Waals surface area contributed by atoms with Crippen molar-refractivity contribution in [3.05, 3.63) is 53.1 Å². The molecule has 0 spiro atoms. The lowest BCUT2D eigenvalue weighted by Crippen LogP contribution is -2.33. The second-order valence-corrected chi connectivity index (χ2v) is 9.12. The maximum Gasteiger partial charge on any atom is 0.260 e. The molecule has 0 radical (unpaired) electrons. The van der Waals surface area contributed by atoms with Gasteiger partial charge in [0.1, 0.15) is 11.3 Å². The standard InChI is InChI=1S/C24H29N3O2S.ClH/c1-26(2)14-7-15-27(24-25-22-20(29-3)10-6-11-21(22)30-24)23(28)19-13-12-17-8-4-5-9-18(17)16-19;/h6,10-13,16H,4-5,7-9,14-15H2,1-3H3;1H. The first kappa shape index (κ1) is 23.5. The van der Waals surface area contributed by atoms with Crippen LogP contribution in [-0.4, -0.2) is 50.1 Å². The number of carbonyl (C=O) groups excluding carboxylic acids is 1. The number of ether oxygens (including phenoxy) is 1. The highest BCUT2D eigenvalue weighted by Gasteiger charge is 2.23. The van der Waals surface area contributed by atoms with E-state index in [2.05, 4.69) is 31.1 Å². The van der Waals surface area contributed by atoms with Crippen LogP contribution in [0.2, 0.25) is 0 Å². The summed E-state index contributed by atoms with van der Waals surface area (Å²) in [6, 6.07) is 12.1. The normalized spacial score (nSPS) is 13.0. The highest BCUT2D eigenvalue weighted by Crippen LogP contribution is 2.35. The van der Waals surface area contributed by atoms with Crippen LogP contribution < -0.4 is 9.64 Å². The third-order valence-electron chi connectivity index (χ3n) is 5.65. The fraction of sp³-hybridized carbons (Fsp3) is 0.417. The van der Waals surface area contributed by atoms with E-state index in [-0.39, 0.29) is 18.3 Å². The number of methoxy groups -OCH3 is 1. The molecule has 0 aliphatic heterocycles. The molecule has 0 saturated heterocycles. The van der Waals surface area contributed by atoms with Gasteiger partial charge in [-0.05, 0) is 88.1 Å². The predicted octanol–water partition coefficient (Wildman–Crippen LogP) is 5.20. The zero-order valence-electron chi connectivity index (χ0n) is 18.4. The number of amides is 1. The second kappa shape index (κ2) is 10.4. The number of thiazole rings is 1. The number of benzene rings is 2. The molecule has 0 atom stereocenters. The van der Waals surface area contributed by atoms with Crippen molar-refractivity contribution < 1.29 is 9.53 Å². The van der Waals surface area contributed by atoms with E-state index in [0.29, 0.717) is 6.54 Å². The van der Waals surface area contributed by atoms with Crippen molar-refractivity contribution in [3.8, 4) is 5.75 Å². The quantitative estimate of drug-likeness (QED) is 0.487. The Morgan fingerprint density at radius 3 is 2.61 bits per heavy atom. The number of aryl methyl sites for hydroxylation is 2. The van der Waals surface area contributed by atoms with Crippen LogP contribution in [0, 0.1) is 0 Å². The lowest BCUT2D eigenvalue weighted by Gasteiger charge is -2.22. The van der Waals surface area contributed by atoms with Crippen molar-refractivity contribution >= 4 is 45.0 Å². The summed E-state index contributed by atoms with van der Waals surface area (Å²) in [5.41, 5.74) is 4.29. The van der Waals surface area contributed by atoms with Gasteiger partial charge in [0.25, 0.3) is 5.91 Å². The molecule has 0 unspecified atom stereocenters. The first-order chi connectivity index (χ1) is 14.6. The van der Waals surface area contributed by atoms with Crippen LogP contribution in [0.15, 0.2) is 36.4 Å². The summed E-state index contributed by atoms with van der Waals surface area (Å²) in [4.78, 5) is 22.4. The molecule has 1 aliphatic carbocycles. The Hall–Kier alpha value is -2.15. The molecular formula is C24H30ClN3O2S. The third kappa shape index (κ3) is 5.20. The summed E-state index contributed by atoms with van der Waals surface area (Å²) in [5, 5.41) is 0.732. The Morgan fingerprint density at radius 2 is 1.87 bits per heavy atom. The maximum absolute atomic E-state index is 13.6. The Balaban J connectivity index is 0.00000272. The van der Waals surface area contributed by atoms with Gasteiger partial charge in [-0.3, -0.25) is 9.69 Å². The minimum atomic E-state index is 0. The van der Waals surface area contributed by atoms with E-state index < -0.39 is 0 Å². The van der Waals surface area contributed by atoms with Crippen molar-refractivity contribution in [2.24, 2.45) is 0 Å². The van der Waals surface area contributed by atoms with E-state index in [1.807, 2.05) is 29.2 Å². The van der Waals surface area contributed by atoms with E-state index >= 15 is 0 Å². The van der Waals surface area contributed by atoms with Gasteiger partial charge in [-0.2, -0.15) is 0 Å². The molecule has 4 rings (SSSR count). The summed E-state index contributed by atoms with van der Waals surface area (Å²) in [6.45, 7) is 1.55. The van der Waals surface area contributed by atoms with Gasteiger partial charge >= 0.3 is 0 Å². The van der Waals surface area contributed by atoms with Crippen molar-refractivity contribution in [2.75, 3.05) is 39.2 Å². The first-order valence-corrected chi connectivity index (χ1v) is 11.4. The molecule has 0 saturated carbocycles. The summed E-state index contributed by atoms with van der Waals surface area (Å²) in [5.74, 6) is 0.768. The number of para-hydroxylation sites is 1. The van der Waals surface area contributed by atoms with Gasteiger partial charge in [0.05, 0.1) is 11.8 Å². The summed E-state index contributed by atoms with van der Waals surface area (Å²) >= 11 is 1.55. The molecule has 0 N–H and O–H groups in total. The van der Waals surface area contributed by atoms with Gasteiger partial charge in [0, 0.05) is 12.1 Å². The predicted molar refractivity (Wildman–Crippen MR) is 131 cm³/mol. The fourth-order valence-corrected chi connectivity index (χ4v) is 5.05. The molecule has 1 aliphatic rings. The number of aromatic nitrogens is 1. The first-order valence-electron chi connectivity index (χ1n) is 10.6. The van der Waals surface area contributed by atoms with Crippen LogP contribution in [0.1, 0.15) is 40.7 Å². The number of carbonyl (C=O) groups is 1. The minimum Gasteiger partial charge on any atom is -0.494 e. The van der Waals surface area contributed by atoms with E-state index in [0.717, 1.165) is 52.5 Å². The molecule has 1 heterocycles. The summed E-state index contributed by atoms with van der Waals surface area (Å²) < 4.78 is 6.50. The van der Waals surface area contributed by atoms with Crippen LogP contribution >= 0.6 is 23.7 Å². The highest BCUT2D eigenvalue weighted by molar-refractivity contribution is 7.22. The van der Waals surface area contributed by atoms with Crippen molar-refractivity contribution in [1.82, 2.24) is 9.88 Å². The van der Waals surface area contributed by atoms with E-state index in [1.54, 1.807) is 18.4 Å². The van der Waals surface area contributed by atoms with Gasteiger partial charge in [0.2, 0.25) is 0 Å². The third-order valence-corrected chi connectivity index (χ3v) is 6.69. The molecule has 1 aromatic heterocycles. The van der Waals surface area contributed by atoms with Crippen LogP contribution in [-0.2, 0) is 12.8 Å². The molecule has 7 heteroatoms. The van der Waals surface area contributed by atoms with E-state index in [1.165, 1.54) is 24.0 Å². The number of hydrogen-bond donors (Lipinski definition) is 0. The SMILES string of the molecule is COc1cccc2sc(N(CCCN(C)C)C(=O)c3ccc4c(c3)CCCC4)nc12.Cl. The molecule has 3 aromatic rings. The highest BCUT2D eigenvalue weighted by atomic mass is 35.5. The Morgan fingerprint density at radius 1 is 1.10 bits per heavy atom. The second-order valence-electron chi connectivity index (χ2n) is 8.11. The van der Waals surface area contributed by atoms with E-state index in [4.69, 9.17) is 9.72 Å². The lowest BCUT2D eigenvalue weighted by molar-refractivity contribution is 0.0986. The lowest BCUT2D eigenvalue weighted by atomic mass is 9.90. The van der Waals surface area contributed by atoms with Gasteiger partial charge in [-0.15, -0.1) is 12.4 Å². The topological polar surface area (TPSA) is 45.7 Å². The Bertz CT molecular complexity index is 1050. The molecule has 1 amide bonds. The number of fused-ring (bicyclic) bond motifs is 2. The molecular weight excluding hydrogens is 430 g/mol. The number of rotatable bonds is 7. The molecule has 166 valence electrons. The van der Waals surface area contributed by atoms with Gasteiger partial charge in [-0.1, -0.05) is 23.5 Å². The summed E-state index contributed by atoms with van der Waals surface area (Å²) in [7, 11) is 5.76. The zero-order chi connectivity index (χ0) is 21.1. The smallest absolute Gasteiger partial charge is 0.260 e. The molecule has 0 fully saturated rings. The number of nitrogens with zero attached hydrogens (tertiary/aromatic N) is 3. The van der Waals surface area contributed by atoms with Gasteiger partial charge in [0.15, 0.2) is 5.13 Å². The molecule has 31 heavy (non-hydrogen) atoms. The fourth-order valence-electron chi connectivity index (χ4n) is 4.04. The molecule has 5 nitrogen and oxygen atoms in total. The Kier molecular flexibility index (Phi) is 7.92. The van der Waals surface area contributed by atoms with E-state index in [9.17, 15) is 4.79 Å². The minimum absolute atomic E-state index is 0. The largest absolute Gasteiger partial charge is 0.494 e. The average Bonchev–Trinajstić information content (AvgIpc) is 3.19. The summed E-state index contributed by atoms with van der Waals surface area (Å²) in [6.07, 6.45) is 5.51. The zero-order valence-corrected chi connectivity index (χ0v) is 20.0. The number of anilines is 1. The maximum atomic E-state index is 13.6. The number of halogens is 1. The average molecular weight is 460 g/mol. The molecule has 0 bridgehead atoms. The van der Waals surface area contributed by atoms with Gasteiger partial charge < -0.3 is 9.64 Å². The molecule has 2 aromatic carbocycles. The van der Waals surface area contributed by atoms with Crippen molar-refractivity contribution in [2.45, 2.75) is 32.1 Å². The monoisotopic (exact) mass is 459 g/mol. The van der Waals surface area contributed by atoms with Crippen LogP contribution in [0.4, 0.5) is 5.13 Å².